The molecule has 1 N–H and O–H groups in total. The number of rotatable bonds is 6. The highest BCUT2D eigenvalue weighted by atomic mass is 19.1. The predicted molar refractivity (Wildman–Crippen MR) is 100 cm³/mol. The molecule has 1 heterocycles. The van der Waals surface area contributed by atoms with Crippen LogP contribution in [0.25, 0.3) is 0 Å². The fourth-order valence-electron chi connectivity index (χ4n) is 3.00. The lowest BCUT2D eigenvalue weighted by molar-refractivity contribution is -0.149. The monoisotopic (exact) mass is 416 g/mol. The van der Waals surface area contributed by atoms with Gasteiger partial charge in [-0.05, 0) is 30.2 Å². The number of amides is 3. The number of hydrogen-bond acceptors (Lipinski definition) is 5. The number of ether oxygens (including phenoxy) is 1. The number of hydrogen-bond donors (Lipinski definition) is 1. The van der Waals surface area contributed by atoms with E-state index >= 15 is 0 Å². The van der Waals surface area contributed by atoms with Gasteiger partial charge in [0.15, 0.2) is 6.73 Å². The van der Waals surface area contributed by atoms with Crippen LogP contribution in [0.15, 0.2) is 42.5 Å². The summed E-state index contributed by atoms with van der Waals surface area (Å²) in [4.78, 5) is 50.2. The van der Waals surface area contributed by atoms with Gasteiger partial charge in [0, 0.05) is 0 Å². The molecule has 3 amide bonds. The number of benzene rings is 2. The molecule has 0 bridgehead atoms. The molecule has 2 aromatic rings. The molecule has 2 aromatic carbocycles. The molecule has 0 unspecified atom stereocenters. The van der Waals surface area contributed by atoms with E-state index in [-0.39, 0.29) is 11.1 Å². The third kappa shape index (κ3) is 3.91. The van der Waals surface area contributed by atoms with E-state index in [0.29, 0.717) is 0 Å². The van der Waals surface area contributed by atoms with E-state index < -0.39 is 59.6 Å². The van der Waals surface area contributed by atoms with Crippen molar-refractivity contribution in [1.29, 1.82) is 0 Å². The second-order valence-electron chi connectivity index (χ2n) is 6.97. The maximum Gasteiger partial charge on any atom is 0.330 e. The van der Waals surface area contributed by atoms with Crippen LogP contribution >= 0.6 is 0 Å². The Balaban J connectivity index is 1.69. The zero-order valence-corrected chi connectivity index (χ0v) is 16.1. The Labute approximate surface area is 170 Å². The van der Waals surface area contributed by atoms with Gasteiger partial charge in [-0.2, -0.15) is 0 Å². The zero-order valence-electron chi connectivity index (χ0n) is 16.1. The summed E-state index contributed by atoms with van der Waals surface area (Å²) < 4.78 is 32.7. The summed E-state index contributed by atoms with van der Waals surface area (Å²) >= 11 is 0. The van der Waals surface area contributed by atoms with Gasteiger partial charge >= 0.3 is 5.97 Å². The average Bonchev–Trinajstić information content (AvgIpc) is 2.94. The lowest BCUT2D eigenvalue weighted by Crippen LogP contribution is -2.47. The Morgan fingerprint density at radius 1 is 0.967 bits per heavy atom. The fourth-order valence-corrected chi connectivity index (χ4v) is 3.00. The van der Waals surface area contributed by atoms with Crippen molar-refractivity contribution in [2.45, 2.75) is 19.9 Å². The summed E-state index contributed by atoms with van der Waals surface area (Å²) in [7, 11) is 0. The zero-order chi connectivity index (χ0) is 22.0. The first-order valence-corrected chi connectivity index (χ1v) is 9.09. The van der Waals surface area contributed by atoms with Gasteiger partial charge in [0.25, 0.3) is 17.7 Å². The third-order valence-electron chi connectivity index (χ3n) is 4.61. The van der Waals surface area contributed by atoms with Gasteiger partial charge in [0.2, 0.25) is 0 Å². The van der Waals surface area contributed by atoms with Gasteiger partial charge in [-0.3, -0.25) is 14.4 Å². The van der Waals surface area contributed by atoms with Crippen LogP contribution in [0, 0.1) is 17.6 Å². The van der Waals surface area contributed by atoms with Crippen molar-refractivity contribution >= 4 is 23.7 Å². The number of carbonyl (C=O) groups excluding carboxylic acids is 4. The lowest BCUT2D eigenvalue weighted by atomic mass is 10.0. The molecule has 0 radical (unpaired) electrons. The Kier molecular flexibility index (Phi) is 5.91. The Hall–Kier alpha value is -3.62. The first kappa shape index (κ1) is 21.1. The molecule has 30 heavy (non-hydrogen) atoms. The molecule has 9 heteroatoms. The molecular weight excluding hydrogens is 398 g/mol. The highest BCUT2D eigenvalue weighted by Gasteiger charge is 2.37. The minimum Gasteiger partial charge on any atom is -0.442 e. The summed E-state index contributed by atoms with van der Waals surface area (Å²) in [6, 6.07) is 7.86. The molecule has 1 aliphatic heterocycles. The maximum atomic E-state index is 13.8. The molecule has 0 fully saturated rings. The molecule has 1 atom stereocenters. The van der Waals surface area contributed by atoms with Gasteiger partial charge in [-0.1, -0.05) is 32.0 Å². The van der Waals surface area contributed by atoms with Crippen LogP contribution in [0.1, 0.15) is 44.9 Å². The normalized spacial score (nSPS) is 14.0. The third-order valence-corrected chi connectivity index (χ3v) is 4.61. The predicted octanol–water partition coefficient (Wildman–Crippen LogP) is 2.52. The second kappa shape index (κ2) is 8.40. The van der Waals surface area contributed by atoms with Crippen molar-refractivity contribution in [3.05, 3.63) is 70.8 Å². The lowest BCUT2D eigenvalue weighted by Gasteiger charge is -2.22. The van der Waals surface area contributed by atoms with Crippen LogP contribution in [0.2, 0.25) is 0 Å². The molecule has 0 saturated carbocycles. The van der Waals surface area contributed by atoms with Crippen molar-refractivity contribution in [1.82, 2.24) is 10.2 Å². The van der Waals surface area contributed by atoms with E-state index in [1.165, 1.54) is 12.1 Å². The van der Waals surface area contributed by atoms with Gasteiger partial charge in [0.05, 0.1) is 11.1 Å². The Bertz CT molecular complexity index is 983. The van der Waals surface area contributed by atoms with Crippen LogP contribution in [0.4, 0.5) is 8.78 Å². The number of nitrogens with one attached hydrogen (secondary N) is 1. The van der Waals surface area contributed by atoms with E-state index in [2.05, 4.69) is 5.32 Å². The highest BCUT2D eigenvalue weighted by molar-refractivity contribution is 6.21. The number of esters is 1. The van der Waals surface area contributed by atoms with Gasteiger partial charge in [-0.25, -0.2) is 18.5 Å². The average molecular weight is 416 g/mol. The summed E-state index contributed by atoms with van der Waals surface area (Å²) in [5, 5.41) is 2.25. The van der Waals surface area contributed by atoms with Gasteiger partial charge < -0.3 is 10.1 Å². The number of carbonyl (C=O) groups is 4. The SMILES string of the molecule is CC(C)[C@H](NC(=O)c1c(F)cccc1F)C(=O)OCN1C(=O)c2ccccc2C1=O. The Morgan fingerprint density at radius 2 is 1.50 bits per heavy atom. The van der Waals surface area contributed by atoms with Crippen LogP contribution in [0.5, 0.6) is 0 Å². The quantitative estimate of drug-likeness (QED) is 0.577. The van der Waals surface area contributed by atoms with Crippen LogP contribution in [-0.4, -0.2) is 41.4 Å². The van der Waals surface area contributed by atoms with E-state index in [9.17, 15) is 28.0 Å². The molecule has 3 rings (SSSR count). The number of halogens is 2. The number of nitrogens with zero attached hydrogens (tertiary/aromatic N) is 1. The molecule has 0 aliphatic carbocycles. The van der Waals surface area contributed by atoms with Gasteiger partial charge in [-0.15, -0.1) is 0 Å². The standard InChI is InChI=1S/C21H18F2N2O5/c1-11(2)17(24-18(26)16-14(22)8-5-9-15(16)23)21(29)30-10-25-19(27)12-6-3-4-7-13(12)20(25)28/h3-9,11,17H,10H2,1-2H3,(H,24,26)/t17-/m0/s1. The van der Waals surface area contributed by atoms with E-state index in [1.54, 1.807) is 26.0 Å². The molecule has 1 aliphatic rings. The molecule has 7 nitrogen and oxygen atoms in total. The molecule has 156 valence electrons. The molecule has 0 aromatic heterocycles. The highest BCUT2D eigenvalue weighted by Crippen LogP contribution is 2.22. The molecular formula is C21H18F2N2O5. The molecule has 0 saturated heterocycles. The number of imide groups is 1. The van der Waals surface area contributed by atoms with Crippen LogP contribution < -0.4 is 5.32 Å². The van der Waals surface area contributed by atoms with Crippen molar-refractivity contribution in [2.75, 3.05) is 6.73 Å². The molecule has 0 spiro atoms. The summed E-state index contributed by atoms with van der Waals surface area (Å²) in [5.74, 6) is -5.94. The number of fused-ring (bicyclic) bond motifs is 1. The topological polar surface area (TPSA) is 92.8 Å². The van der Waals surface area contributed by atoms with Crippen LogP contribution in [0.3, 0.4) is 0 Å². The summed E-state index contributed by atoms with van der Waals surface area (Å²) in [5.41, 5.74) is -0.430. The van der Waals surface area contributed by atoms with Crippen molar-refractivity contribution < 1.29 is 32.7 Å². The summed E-state index contributed by atoms with van der Waals surface area (Å²) in [6.45, 7) is 2.52. The van der Waals surface area contributed by atoms with Crippen molar-refractivity contribution in [2.24, 2.45) is 5.92 Å². The first-order chi connectivity index (χ1) is 14.2. The largest absolute Gasteiger partial charge is 0.442 e. The maximum absolute atomic E-state index is 13.8. The second-order valence-corrected chi connectivity index (χ2v) is 6.97. The van der Waals surface area contributed by atoms with E-state index in [0.717, 1.165) is 23.1 Å². The van der Waals surface area contributed by atoms with E-state index in [1.807, 2.05) is 0 Å². The minimum absolute atomic E-state index is 0.197. The van der Waals surface area contributed by atoms with Crippen LogP contribution in [-0.2, 0) is 9.53 Å². The van der Waals surface area contributed by atoms with Crippen molar-refractivity contribution in [3.63, 3.8) is 0 Å². The van der Waals surface area contributed by atoms with E-state index in [4.69, 9.17) is 4.74 Å². The fraction of sp³-hybridized carbons (Fsp3) is 0.238. The van der Waals surface area contributed by atoms with Crippen molar-refractivity contribution in [3.8, 4) is 0 Å². The van der Waals surface area contributed by atoms with Gasteiger partial charge in [0.1, 0.15) is 23.2 Å². The Morgan fingerprint density at radius 3 is 2.00 bits per heavy atom. The smallest absolute Gasteiger partial charge is 0.330 e. The first-order valence-electron chi connectivity index (χ1n) is 9.09. The summed E-state index contributed by atoms with van der Waals surface area (Å²) in [6.07, 6.45) is 0. The minimum atomic E-state index is -1.26.